The third kappa shape index (κ3) is 3.84. The SMILES string of the molecule is CC[C@@H](C(=O)NC1CCN(c2ccc(Cl)nn2)CC1)n1cccn1. The largest absolute Gasteiger partial charge is 0.355 e. The van der Waals surface area contributed by atoms with Gasteiger partial charge in [0.1, 0.15) is 6.04 Å². The molecule has 2 aromatic heterocycles. The van der Waals surface area contributed by atoms with E-state index in [-0.39, 0.29) is 18.0 Å². The summed E-state index contributed by atoms with van der Waals surface area (Å²) in [6.07, 6.45) is 6.00. The zero-order chi connectivity index (χ0) is 16.9. The summed E-state index contributed by atoms with van der Waals surface area (Å²) in [6.45, 7) is 3.66. The van der Waals surface area contributed by atoms with Crippen molar-refractivity contribution in [2.45, 2.75) is 38.3 Å². The number of carbonyl (C=O) groups excluding carboxylic acids is 1. The van der Waals surface area contributed by atoms with Crippen molar-refractivity contribution in [3.05, 3.63) is 35.7 Å². The first-order valence-corrected chi connectivity index (χ1v) is 8.59. The minimum absolute atomic E-state index is 0.0333. The van der Waals surface area contributed by atoms with E-state index >= 15 is 0 Å². The van der Waals surface area contributed by atoms with Gasteiger partial charge in [-0.3, -0.25) is 9.48 Å². The maximum absolute atomic E-state index is 12.5. The number of piperidine rings is 1. The van der Waals surface area contributed by atoms with Crippen LogP contribution in [0.3, 0.4) is 0 Å². The molecule has 1 fully saturated rings. The first-order valence-electron chi connectivity index (χ1n) is 8.21. The minimum atomic E-state index is -0.250. The van der Waals surface area contributed by atoms with Crippen LogP contribution in [0.25, 0.3) is 0 Å². The zero-order valence-corrected chi connectivity index (χ0v) is 14.4. The number of hydrogen-bond acceptors (Lipinski definition) is 5. The highest BCUT2D eigenvalue weighted by molar-refractivity contribution is 6.29. The van der Waals surface area contributed by atoms with Crippen LogP contribution in [0.2, 0.25) is 5.15 Å². The van der Waals surface area contributed by atoms with Crippen molar-refractivity contribution in [1.82, 2.24) is 25.3 Å². The molecule has 1 saturated heterocycles. The summed E-state index contributed by atoms with van der Waals surface area (Å²) in [4.78, 5) is 14.7. The number of nitrogens with zero attached hydrogens (tertiary/aromatic N) is 5. The van der Waals surface area contributed by atoms with Gasteiger partial charge in [0, 0.05) is 31.5 Å². The van der Waals surface area contributed by atoms with Crippen LogP contribution in [0, 0.1) is 0 Å². The van der Waals surface area contributed by atoms with Crippen LogP contribution in [-0.2, 0) is 4.79 Å². The first-order chi connectivity index (χ1) is 11.7. The second-order valence-electron chi connectivity index (χ2n) is 5.89. The summed E-state index contributed by atoms with van der Waals surface area (Å²) in [6, 6.07) is 5.38. The van der Waals surface area contributed by atoms with Gasteiger partial charge >= 0.3 is 0 Å². The van der Waals surface area contributed by atoms with Crippen molar-refractivity contribution >= 4 is 23.3 Å². The van der Waals surface area contributed by atoms with Crippen molar-refractivity contribution in [3.8, 4) is 0 Å². The molecule has 3 rings (SSSR count). The quantitative estimate of drug-likeness (QED) is 0.895. The monoisotopic (exact) mass is 348 g/mol. The van der Waals surface area contributed by atoms with E-state index in [0.717, 1.165) is 31.7 Å². The average Bonchev–Trinajstić information content (AvgIpc) is 3.11. The fourth-order valence-corrected chi connectivity index (χ4v) is 3.09. The first kappa shape index (κ1) is 16.7. The van der Waals surface area contributed by atoms with Crippen LogP contribution in [0.1, 0.15) is 32.2 Å². The molecule has 8 heteroatoms. The Morgan fingerprint density at radius 3 is 2.75 bits per heavy atom. The van der Waals surface area contributed by atoms with Crippen LogP contribution >= 0.6 is 11.6 Å². The Hall–Kier alpha value is -2.15. The summed E-state index contributed by atoms with van der Waals surface area (Å²) >= 11 is 5.77. The molecular formula is C16H21ClN6O. The lowest BCUT2D eigenvalue weighted by molar-refractivity contribution is -0.125. The van der Waals surface area contributed by atoms with Gasteiger partial charge in [-0.15, -0.1) is 10.2 Å². The number of anilines is 1. The Bertz CT molecular complexity index is 652. The lowest BCUT2D eigenvalue weighted by Crippen LogP contribution is -2.46. The highest BCUT2D eigenvalue weighted by Gasteiger charge is 2.25. The molecule has 0 bridgehead atoms. The van der Waals surface area contributed by atoms with Gasteiger partial charge in [-0.05, 0) is 37.5 Å². The van der Waals surface area contributed by atoms with E-state index in [2.05, 4.69) is 25.5 Å². The van der Waals surface area contributed by atoms with Crippen LogP contribution in [0.4, 0.5) is 5.82 Å². The molecular weight excluding hydrogens is 328 g/mol. The molecule has 0 spiro atoms. The Balaban J connectivity index is 1.53. The van der Waals surface area contributed by atoms with Crippen molar-refractivity contribution in [2.24, 2.45) is 0 Å². The lowest BCUT2D eigenvalue weighted by Gasteiger charge is -2.33. The van der Waals surface area contributed by atoms with E-state index in [0.29, 0.717) is 11.6 Å². The molecule has 1 N–H and O–H groups in total. The van der Waals surface area contributed by atoms with Gasteiger partial charge in [0.15, 0.2) is 11.0 Å². The number of hydrogen-bond donors (Lipinski definition) is 1. The molecule has 0 unspecified atom stereocenters. The Morgan fingerprint density at radius 1 is 1.38 bits per heavy atom. The lowest BCUT2D eigenvalue weighted by atomic mass is 10.0. The summed E-state index contributed by atoms with van der Waals surface area (Å²) in [5.74, 6) is 0.859. The number of rotatable bonds is 5. The smallest absolute Gasteiger partial charge is 0.245 e. The van der Waals surface area contributed by atoms with Gasteiger partial charge < -0.3 is 10.2 Å². The van der Waals surface area contributed by atoms with Crippen LogP contribution in [0.5, 0.6) is 0 Å². The predicted octanol–water partition coefficient (Wildman–Crippen LogP) is 2.06. The number of halogens is 1. The normalized spacial score (nSPS) is 16.8. The van der Waals surface area contributed by atoms with Crippen LogP contribution in [-0.4, -0.2) is 45.0 Å². The van der Waals surface area contributed by atoms with Crippen molar-refractivity contribution in [3.63, 3.8) is 0 Å². The number of nitrogens with one attached hydrogen (secondary N) is 1. The third-order valence-corrected chi connectivity index (χ3v) is 4.52. The highest BCUT2D eigenvalue weighted by atomic mass is 35.5. The van der Waals surface area contributed by atoms with E-state index < -0.39 is 0 Å². The molecule has 1 atom stereocenters. The van der Waals surface area contributed by atoms with Crippen LogP contribution in [0.15, 0.2) is 30.6 Å². The highest BCUT2D eigenvalue weighted by Crippen LogP contribution is 2.19. The minimum Gasteiger partial charge on any atom is -0.355 e. The standard InChI is InChI=1S/C16H21ClN6O/c1-2-13(23-9-3-8-18-23)16(24)19-12-6-10-22(11-7-12)15-5-4-14(17)20-21-15/h3-5,8-9,12-13H,2,6-7,10-11H2,1H3,(H,19,24)/t13-/m0/s1. The van der Waals surface area contributed by atoms with E-state index in [1.165, 1.54) is 0 Å². The third-order valence-electron chi connectivity index (χ3n) is 4.32. The average molecular weight is 349 g/mol. The Labute approximate surface area is 146 Å². The van der Waals surface area contributed by atoms with Crippen molar-refractivity contribution in [2.75, 3.05) is 18.0 Å². The van der Waals surface area contributed by atoms with Crippen molar-refractivity contribution < 1.29 is 4.79 Å². The fraction of sp³-hybridized carbons (Fsp3) is 0.500. The molecule has 0 radical (unpaired) electrons. The molecule has 1 aliphatic rings. The summed E-state index contributed by atoms with van der Waals surface area (Å²) in [5.41, 5.74) is 0. The summed E-state index contributed by atoms with van der Waals surface area (Å²) < 4.78 is 1.72. The maximum Gasteiger partial charge on any atom is 0.245 e. The number of aromatic nitrogens is 4. The van der Waals surface area contributed by atoms with Gasteiger partial charge in [0.25, 0.3) is 0 Å². The molecule has 24 heavy (non-hydrogen) atoms. The van der Waals surface area contributed by atoms with Gasteiger partial charge in [-0.2, -0.15) is 5.10 Å². The molecule has 2 aromatic rings. The van der Waals surface area contributed by atoms with Gasteiger partial charge in [-0.1, -0.05) is 18.5 Å². The van der Waals surface area contributed by atoms with Gasteiger partial charge in [-0.25, -0.2) is 0 Å². The molecule has 128 valence electrons. The maximum atomic E-state index is 12.5. The van der Waals surface area contributed by atoms with Gasteiger partial charge in [0.2, 0.25) is 5.91 Å². The Morgan fingerprint density at radius 2 is 2.17 bits per heavy atom. The van der Waals surface area contributed by atoms with E-state index in [9.17, 15) is 4.79 Å². The van der Waals surface area contributed by atoms with E-state index in [1.807, 2.05) is 25.3 Å². The fourth-order valence-electron chi connectivity index (χ4n) is 2.99. The molecule has 0 aromatic carbocycles. The van der Waals surface area contributed by atoms with E-state index in [4.69, 9.17) is 11.6 Å². The van der Waals surface area contributed by atoms with E-state index in [1.54, 1.807) is 16.9 Å². The predicted molar refractivity (Wildman–Crippen MR) is 92.0 cm³/mol. The van der Waals surface area contributed by atoms with Crippen molar-refractivity contribution in [1.29, 1.82) is 0 Å². The number of amides is 1. The molecule has 3 heterocycles. The molecule has 7 nitrogen and oxygen atoms in total. The Kier molecular flexibility index (Phi) is 5.30. The van der Waals surface area contributed by atoms with Crippen LogP contribution < -0.4 is 10.2 Å². The molecule has 1 amide bonds. The number of carbonyl (C=O) groups is 1. The topological polar surface area (TPSA) is 75.9 Å². The zero-order valence-electron chi connectivity index (χ0n) is 13.6. The molecule has 0 saturated carbocycles. The summed E-state index contributed by atoms with van der Waals surface area (Å²) in [5, 5.41) is 15.7. The molecule has 0 aliphatic carbocycles. The molecule has 1 aliphatic heterocycles. The summed E-state index contributed by atoms with van der Waals surface area (Å²) in [7, 11) is 0. The second-order valence-corrected chi connectivity index (χ2v) is 6.28. The van der Waals surface area contributed by atoms with Gasteiger partial charge in [0.05, 0.1) is 0 Å². The second kappa shape index (κ2) is 7.61.